The molecule has 90 valence electrons. The number of rotatable bonds is 3. The lowest BCUT2D eigenvalue weighted by molar-refractivity contribution is 0.100. The van der Waals surface area contributed by atoms with Crippen molar-refractivity contribution in [2.45, 2.75) is 20.4 Å². The van der Waals surface area contributed by atoms with E-state index in [1.807, 2.05) is 36.6 Å². The van der Waals surface area contributed by atoms with Crippen LogP contribution < -0.4 is 5.73 Å². The van der Waals surface area contributed by atoms with Gasteiger partial charge in [0.1, 0.15) is 0 Å². The predicted molar refractivity (Wildman–Crippen MR) is 67.0 cm³/mol. The topological polar surface area (TPSA) is 68.2 Å². The average molecular weight is 232 g/mol. The number of nitrogens with zero attached hydrogens (tertiary/aromatic N) is 1. The van der Waals surface area contributed by atoms with Crippen LogP contribution in [0.2, 0.25) is 0 Å². The van der Waals surface area contributed by atoms with Crippen LogP contribution in [0.15, 0.2) is 18.2 Å². The summed E-state index contributed by atoms with van der Waals surface area (Å²) in [6, 6.07) is 5.90. The summed E-state index contributed by atoms with van der Waals surface area (Å²) in [6.45, 7) is 4.34. The first kappa shape index (κ1) is 11.7. The lowest BCUT2D eigenvalue weighted by Crippen LogP contribution is -2.13. The van der Waals surface area contributed by atoms with Gasteiger partial charge in [-0.2, -0.15) is 0 Å². The summed E-state index contributed by atoms with van der Waals surface area (Å²) in [6.07, 6.45) is 0. The van der Waals surface area contributed by atoms with Crippen molar-refractivity contribution < 1.29 is 9.90 Å². The van der Waals surface area contributed by atoms with Gasteiger partial charge in [-0.1, -0.05) is 11.6 Å². The molecule has 0 aliphatic heterocycles. The molecule has 17 heavy (non-hydrogen) atoms. The summed E-state index contributed by atoms with van der Waals surface area (Å²) >= 11 is 0. The van der Waals surface area contributed by atoms with Gasteiger partial charge in [0, 0.05) is 23.1 Å². The Hall–Kier alpha value is -1.81. The Labute approximate surface area is 99.7 Å². The number of fused-ring (bicyclic) bond motifs is 1. The minimum Gasteiger partial charge on any atom is -0.395 e. The van der Waals surface area contributed by atoms with Crippen LogP contribution in [0.5, 0.6) is 0 Å². The van der Waals surface area contributed by atoms with E-state index in [9.17, 15) is 4.79 Å². The first-order chi connectivity index (χ1) is 8.06. The van der Waals surface area contributed by atoms with Crippen molar-refractivity contribution in [3.05, 3.63) is 35.0 Å². The molecule has 0 atom stereocenters. The fourth-order valence-corrected chi connectivity index (χ4v) is 2.30. The third kappa shape index (κ3) is 1.80. The zero-order valence-corrected chi connectivity index (χ0v) is 10.0. The van der Waals surface area contributed by atoms with Crippen LogP contribution in [0, 0.1) is 13.8 Å². The number of carbonyl (C=O) groups is 1. The van der Waals surface area contributed by atoms with Crippen molar-refractivity contribution >= 4 is 16.8 Å². The van der Waals surface area contributed by atoms with Crippen molar-refractivity contribution in [3.63, 3.8) is 0 Å². The van der Waals surface area contributed by atoms with E-state index in [4.69, 9.17) is 10.8 Å². The van der Waals surface area contributed by atoms with Gasteiger partial charge in [0.2, 0.25) is 0 Å². The highest BCUT2D eigenvalue weighted by molar-refractivity contribution is 6.07. The number of amides is 1. The summed E-state index contributed by atoms with van der Waals surface area (Å²) in [5.41, 5.74) is 8.82. The number of benzene rings is 1. The predicted octanol–water partition coefficient (Wildman–Crippen LogP) is 1.35. The van der Waals surface area contributed by atoms with E-state index < -0.39 is 5.91 Å². The van der Waals surface area contributed by atoms with Gasteiger partial charge in [0.15, 0.2) is 0 Å². The highest BCUT2D eigenvalue weighted by Gasteiger charge is 2.17. The summed E-state index contributed by atoms with van der Waals surface area (Å²) in [4.78, 5) is 11.5. The molecular weight excluding hydrogens is 216 g/mol. The zero-order valence-electron chi connectivity index (χ0n) is 10.0. The third-order valence-electron chi connectivity index (χ3n) is 3.05. The molecule has 0 saturated heterocycles. The van der Waals surface area contributed by atoms with E-state index in [0.29, 0.717) is 12.1 Å². The van der Waals surface area contributed by atoms with Gasteiger partial charge >= 0.3 is 0 Å². The lowest BCUT2D eigenvalue weighted by Gasteiger charge is -2.05. The first-order valence-corrected chi connectivity index (χ1v) is 5.56. The second-order valence-electron chi connectivity index (χ2n) is 4.22. The van der Waals surface area contributed by atoms with Gasteiger partial charge in [0.25, 0.3) is 5.91 Å². The molecule has 0 aliphatic carbocycles. The SMILES string of the molecule is Cc1ccc2c(c1)c(C(N)=O)c(C)n2CCO. The highest BCUT2D eigenvalue weighted by Crippen LogP contribution is 2.26. The Balaban J connectivity index is 2.83. The molecule has 0 unspecified atom stereocenters. The number of aliphatic hydroxyl groups is 1. The third-order valence-corrected chi connectivity index (χ3v) is 3.05. The van der Waals surface area contributed by atoms with Crippen LogP contribution in [0.4, 0.5) is 0 Å². The number of hydrogen-bond donors (Lipinski definition) is 2. The molecule has 2 aromatic rings. The molecular formula is C13H16N2O2. The van der Waals surface area contributed by atoms with Crippen LogP contribution in [-0.4, -0.2) is 22.2 Å². The minimum absolute atomic E-state index is 0.0384. The number of aryl methyl sites for hydroxylation is 1. The van der Waals surface area contributed by atoms with Crippen LogP contribution in [0.1, 0.15) is 21.6 Å². The van der Waals surface area contributed by atoms with Crippen molar-refractivity contribution in [1.29, 1.82) is 0 Å². The Kier molecular flexibility index (Phi) is 2.90. The summed E-state index contributed by atoms with van der Waals surface area (Å²) in [7, 11) is 0. The van der Waals surface area contributed by atoms with Gasteiger partial charge in [0.05, 0.1) is 12.2 Å². The molecule has 4 heteroatoms. The number of carbonyl (C=O) groups excluding carboxylic acids is 1. The summed E-state index contributed by atoms with van der Waals surface area (Å²) in [5, 5.41) is 9.93. The van der Waals surface area contributed by atoms with Gasteiger partial charge < -0.3 is 15.4 Å². The Morgan fingerprint density at radius 1 is 1.41 bits per heavy atom. The Bertz CT molecular complexity index is 585. The summed E-state index contributed by atoms with van der Waals surface area (Å²) < 4.78 is 1.93. The zero-order chi connectivity index (χ0) is 12.6. The van der Waals surface area contributed by atoms with Crippen molar-refractivity contribution in [2.75, 3.05) is 6.61 Å². The maximum absolute atomic E-state index is 11.5. The van der Waals surface area contributed by atoms with E-state index in [2.05, 4.69) is 0 Å². The molecule has 1 amide bonds. The van der Waals surface area contributed by atoms with E-state index in [0.717, 1.165) is 22.2 Å². The molecule has 3 N–H and O–H groups in total. The molecule has 4 nitrogen and oxygen atoms in total. The lowest BCUT2D eigenvalue weighted by atomic mass is 10.1. The van der Waals surface area contributed by atoms with Crippen LogP contribution in [0.25, 0.3) is 10.9 Å². The van der Waals surface area contributed by atoms with Gasteiger partial charge in [-0.25, -0.2) is 0 Å². The smallest absolute Gasteiger partial charge is 0.251 e. The minimum atomic E-state index is -0.421. The van der Waals surface area contributed by atoms with Crippen molar-refractivity contribution in [1.82, 2.24) is 4.57 Å². The monoisotopic (exact) mass is 232 g/mol. The number of aliphatic hydroxyl groups excluding tert-OH is 1. The molecule has 0 saturated carbocycles. The summed E-state index contributed by atoms with van der Waals surface area (Å²) in [5.74, 6) is -0.421. The number of aromatic nitrogens is 1. The maximum atomic E-state index is 11.5. The standard InChI is InChI=1S/C13H16N2O2/c1-8-3-4-11-10(7-8)12(13(14)17)9(2)15(11)5-6-16/h3-4,7,16H,5-6H2,1-2H3,(H2,14,17). The molecule has 0 aliphatic rings. The van der Waals surface area contributed by atoms with E-state index in [-0.39, 0.29) is 6.61 Å². The molecule has 2 rings (SSSR count). The molecule has 0 fully saturated rings. The van der Waals surface area contributed by atoms with Crippen LogP contribution >= 0.6 is 0 Å². The van der Waals surface area contributed by atoms with Crippen LogP contribution in [-0.2, 0) is 6.54 Å². The fourth-order valence-electron chi connectivity index (χ4n) is 2.30. The largest absolute Gasteiger partial charge is 0.395 e. The van der Waals surface area contributed by atoms with Gasteiger partial charge in [-0.3, -0.25) is 4.79 Å². The normalized spacial score (nSPS) is 11.0. The first-order valence-electron chi connectivity index (χ1n) is 5.56. The Morgan fingerprint density at radius 2 is 2.12 bits per heavy atom. The number of nitrogens with two attached hydrogens (primary N) is 1. The van der Waals surface area contributed by atoms with E-state index in [1.54, 1.807) is 0 Å². The fraction of sp³-hybridized carbons (Fsp3) is 0.308. The highest BCUT2D eigenvalue weighted by atomic mass is 16.3. The Morgan fingerprint density at radius 3 is 2.71 bits per heavy atom. The van der Waals surface area contributed by atoms with Crippen molar-refractivity contribution in [2.24, 2.45) is 5.73 Å². The molecule has 0 spiro atoms. The number of hydrogen-bond acceptors (Lipinski definition) is 2. The quantitative estimate of drug-likeness (QED) is 0.838. The maximum Gasteiger partial charge on any atom is 0.251 e. The molecule has 1 aromatic carbocycles. The van der Waals surface area contributed by atoms with Gasteiger partial charge in [-0.15, -0.1) is 0 Å². The molecule has 1 heterocycles. The second-order valence-corrected chi connectivity index (χ2v) is 4.22. The molecule has 0 bridgehead atoms. The molecule has 0 radical (unpaired) electrons. The van der Waals surface area contributed by atoms with E-state index >= 15 is 0 Å². The second kappa shape index (κ2) is 4.22. The van der Waals surface area contributed by atoms with Crippen LogP contribution in [0.3, 0.4) is 0 Å². The van der Waals surface area contributed by atoms with Crippen molar-refractivity contribution in [3.8, 4) is 0 Å². The van der Waals surface area contributed by atoms with Gasteiger partial charge in [-0.05, 0) is 26.0 Å². The van der Waals surface area contributed by atoms with E-state index in [1.165, 1.54) is 0 Å². The molecule has 1 aromatic heterocycles. The number of primary amides is 1. The average Bonchev–Trinajstić information content (AvgIpc) is 2.52.